The molecule has 0 amide bonds. The van der Waals surface area contributed by atoms with E-state index in [0.29, 0.717) is 32.0 Å². The Hall–Kier alpha value is -1.55. The molecular formula is C15H19NO3. The van der Waals surface area contributed by atoms with E-state index in [1.807, 2.05) is 18.2 Å². The van der Waals surface area contributed by atoms with Crippen LogP contribution in [0.3, 0.4) is 0 Å². The van der Waals surface area contributed by atoms with Crippen molar-refractivity contribution in [1.29, 1.82) is 0 Å². The lowest BCUT2D eigenvalue weighted by Crippen LogP contribution is -2.37. The van der Waals surface area contributed by atoms with E-state index in [1.54, 1.807) is 0 Å². The Kier molecular flexibility index (Phi) is 2.97. The van der Waals surface area contributed by atoms with Gasteiger partial charge in [-0.25, -0.2) is 0 Å². The van der Waals surface area contributed by atoms with E-state index in [0.717, 1.165) is 23.6 Å². The number of hydrogen-bond acceptors (Lipinski definition) is 4. The molecule has 3 rings (SSSR count). The highest BCUT2D eigenvalue weighted by Crippen LogP contribution is 2.33. The van der Waals surface area contributed by atoms with Crippen molar-refractivity contribution in [2.24, 2.45) is 0 Å². The summed E-state index contributed by atoms with van der Waals surface area (Å²) in [5.41, 5.74) is 1.11. The molecule has 0 N–H and O–H groups in total. The van der Waals surface area contributed by atoms with E-state index in [-0.39, 0.29) is 5.54 Å². The molecule has 4 nitrogen and oxygen atoms in total. The van der Waals surface area contributed by atoms with E-state index in [4.69, 9.17) is 9.47 Å². The minimum Gasteiger partial charge on any atom is -0.486 e. The lowest BCUT2D eigenvalue weighted by molar-refractivity contribution is -0.117. The molecule has 1 aromatic carbocycles. The van der Waals surface area contributed by atoms with Crippen molar-refractivity contribution in [2.75, 3.05) is 19.8 Å². The standard InChI is InChI=1S/C15H19NO3/c1-15(2)8-12(17)10-16(15)9-11-3-4-13-14(7-11)19-6-5-18-13/h3-4,7H,5-6,8-10H2,1-2H3. The van der Waals surface area contributed by atoms with Crippen LogP contribution in [0.5, 0.6) is 11.5 Å². The molecule has 1 aromatic rings. The second-order valence-corrected chi connectivity index (χ2v) is 5.86. The first kappa shape index (κ1) is 12.5. The number of benzene rings is 1. The molecule has 19 heavy (non-hydrogen) atoms. The summed E-state index contributed by atoms with van der Waals surface area (Å²) in [6, 6.07) is 6.02. The van der Waals surface area contributed by atoms with Crippen LogP contribution < -0.4 is 9.47 Å². The Morgan fingerprint density at radius 3 is 2.63 bits per heavy atom. The predicted molar refractivity (Wildman–Crippen MR) is 71.5 cm³/mol. The Morgan fingerprint density at radius 1 is 1.21 bits per heavy atom. The zero-order chi connectivity index (χ0) is 13.5. The molecule has 0 aliphatic carbocycles. The summed E-state index contributed by atoms with van der Waals surface area (Å²) >= 11 is 0. The zero-order valence-corrected chi connectivity index (χ0v) is 11.4. The first-order valence-electron chi connectivity index (χ1n) is 6.70. The molecule has 0 saturated carbocycles. The number of hydrogen-bond donors (Lipinski definition) is 0. The number of Topliss-reactive ketones (excluding diaryl/α,β-unsaturated/α-hetero) is 1. The first-order chi connectivity index (χ1) is 9.04. The molecule has 0 radical (unpaired) electrons. The van der Waals surface area contributed by atoms with Gasteiger partial charge >= 0.3 is 0 Å². The van der Waals surface area contributed by atoms with E-state index in [9.17, 15) is 4.79 Å². The monoisotopic (exact) mass is 261 g/mol. The maximum Gasteiger partial charge on any atom is 0.161 e. The summed E-state index contributed by atoms with van der Waals surface area (Å²) in [6.45, 7) is 6.77. The third-order valence-corrected chi connectivity index (χ3v) is 3.83. The fourth-order valence-corrected chi connectivity index (χ4v) is 2.75. The summed E-state index contributed by atoms with van der Waals surface area (Å²) in [4.78, 5) is 13.8. The Bertz CT molecular complexity index is 510. The molecule has 102 valence electrons. The number of carbonyl (C=O) groups excluding carboxylic acids is 1. The number of likely N-dealkylation sites (tertiary alicyclic amines) is 1. The summed E-state index contributed by atoms with van der Waals surface area (Å²) in [5, 5.41) is 0. The van der Waals surface area contributed by atoms with Crippen LogP contribution in [0.1, 0.15) is 25.8 Å². The van der Waals surface area contributed by atoms with Crippen molar-refractivity contribution >= 4 is 5.78 Å². The fraction of sp³-hybridized carbons (Fsp3) is 0.533. The Balaban J connectivity index is 1.78. The summed E-state index contributed by atoms with van der Waals surface area (Å²) in [7, 11) is 0. The van der Waals surface area contributed by atoms with Crippen molar-refractivity contribution in [3.05, 3.63) is 23.8 Å². The number of fused-ring (bicyclic) bond motifs is 1. The van der Waals surface area contributed by atoms with E-state index < -0.39 is 0 Å². The molecule has 0 aromatic heterocycles. The molecule has 0 spiro atoms. The molecule has 4 heteroatoms. The van der Waals surface area contributed by atoms with E-state index >= 15 is 0 Å². The van der Waals surface area contributed by atoms with Gasteiger partial charge in [0.1, 0.15) is 19.0 Å². The van der Waals surface area contributed by atoms with Gasteiger partial charge < -0.3 is 9.47 Å². The lowest BCUT2D eigenvalue weighted by atomic mass is 10.0. The Morgan fingerprint density at radius 2 is 1.95 bits per heavy atom. The highest BCUT2D eigenvalue weighted by molar-refractivity contribution is 5.84. The molecule has 0 atom stereocenters. The fourth-order valence-electron chi connectivity index (χ4n) is 2.75. The van der Waals surface area contributed by atoms with Crippen molar-refractivity contribution in [2.45, 2.75) is 32.4 Å². The van der Waals surface area contributed by atoms with E-state index in [1.165, 1.54) is 0 Å². The second kappa shape index (κ2) is 4.53. The average molecular weight is 261 g/mol. The molecule has 0 unspecified atom stereocenters. The van der Waals surface area contributed by atoms with Gasteiger partial charge in [0.05, 0.1) is 6.54 Å². The number of ether oxygens (including phenoxy) is 2. The second-order valence-electron chi connectivity index (χ2n) is 5.86. The van der Waals surface area contributed by atoms with Gasteiger partial charge in [0.25, 0.3) is 0 Å². The van der Waals surface area contributed by atoms with Gasteiger partial charge in [-0.1, -0.05) is 6.07 Å². The largest absolute Gasteiger partial charge is 0.486 e. The van der Waals surface area contributed by atoms with Crippen molar-refractivity contribution in [3.63, 3.8) is 0 Å². The zero-order valence-electron chi connectivity index (χ0n) is 11.4. The van der Waals surface area contributed by atoms with Gasteiger partial charge in [0, 0.05) is 18.5 Å². The maximum absolute atomic E-state index is 11.6. The third kappa shape index (κ3) is 2.45. The minimum atomic E-state index is -0.0512. The smallest absolute Gasteiger partial charge is 0.161 e. The first-order valence-corrected chi connectivity index (χ1v) is 6.70. The van der Waals surface area contributed by atoms with Crippen molar-refractivity contribution < 1.29 is 14.3 Å². The summed E-state index contributed by atoms with van der Waals surface area (Å²) < 4.78 is 11.1. The van der Waals surface area contributed by atoms with Crippen LogP contribution in [0, 0.1) is 0 Å². The number of ketones is 1. The third-order valence-electron chi connectivity index (χ3n) is 3.83. The average Bonchev–Trinajstić information content (AvgIpc) is 2.62. The van der Waals surface area contributed by atoms with Crippen LogP contribution in [0.25, 0.3) is 0 Å². The Labute approximate surface area is 113 Å². The van der Waals surface area contributed by atoms with Crippen molar-refractivity contribution in [1.82, 2.24) is 4.90 Å². The SMILES string of the molecule is CC1(C)CC(=O)CN1Cc1ccc2c(c1)OCCO2. The highest BCUT2D eigenvalue weighted by Gasteiger charge is 2.37. The molecule has 2 aliphatic heterocycles. The normalized spacial score (nSPS) is 21.7. The molecule has 1 saturated heterocycles. The number of nitrogens with zero attached hydrogens (tertiary/aromatic N) is 1. The quantitative estimate of drug-likeness (QED) is 0.816. The van der Waals surface area contributed by atoms with Gasteiger partial charge in [0.15, 0.2) is 11.5 Å². The van der Waals surface area contributed by atoms with Gasteiger partial charge in [-0.15, -0.1) is 0 Å². The highest BCUT2D eigenvalue weighted by atomic mass is 16.6. The molecule has 0 bridgehead atoms. The molecule has 2 aliphatic rings. The van der Waals surface area contributed by atoms with Crippen LogP contribution >= 0.6 is 0 Å². The molecule has 1 fully saturated rings. The van der Waals surface area contributed by atoms with Crippen LogP contribution in [-0.2, 0) is 11.3 Å². The topological polar surface area (TPSA) is 38.8 Å². The van der Waals surface area contributed by atoms with Crippen LogP contribution in [-0.4, -0.2) is 36.0 Å². The van der Waals surface area contributed by atoms with Crippen LogP contribution in [0.2, 0.25) is 0 Å². The van der Waals surface area contributed by atoms with Gasteiger partial charge in [0.2, 0.25) is 0 Å². The maximum atomic E-state index is 11.6. The summed E-state index contributed by atoms with van der Waals surface area (Å²) in [5.74, 6) is 1.95. The molecular weight excluding hydrogens is 242 g/mol. The van der Waals surface area contributed by atoms with Gasteiger partial charge in [-0.05, 0) is 31.5 Å². The predicted octanol–water partition coefficient (Wildman–Crippen LogP) is 2.01. The summed E-state index contributed by atoms with van der Waals surface area (Å²) in [6.07, 6.45) is 0.636. The molecule has 2 heterocycles. The van der Waals surface area contributed by atoms with Gasteiger partial charge in [-0.2, -0.15) is 0 Å². The lowest BCUT2D eigenvalue weighted by Gasteiger charge is -2.30. The van der Waals surface area contributed by atoms with Gasteiger partial charge in [-0.3, -0.25) is 9.69 Å². The minimum absolute atomic E-state index is 0.0512. The van der Waals surface area contributed by atoms with Crippen LogP contribution in [0.15, 0.2) is 18.2 Å². The number of rotatable bonds is 2. The van der Waals surface area contributed by atoms with E-state index in [2.05, 4.69) is 18.7 Å². The number of carbonyl (C=O) groups is 1. The van der Waals surface area contributed by atoms with Crippen LogP contribution in [0.4, 0.5) is 0 Å². The van der Waals surface area contributed by atoms with Crippen molar-refractivity contribution in [3.8, 4) is 11.5 Å².